The third-order valence-corrected chi connectivity index (χ3v) is 1.20. The molecule has 0 aromatic heterocycles. The average Bonchev–Trinajstić information content (AvgIpc) is 2.18. The number of unbranched alkanes of at least 4 members (excludes halogenated alkanes) is 2. The lowest BCUT2D eigenvalue weighted by Gasteiger charge is -1.85. The van der Waals surface area contributed by atoms with Gasteiger partial charge in [0.1, 0.15) is 6.29 Å². The number of carbonyl (C=O) groups is 1. The Morgan fingerprint density at radius 3 is 2.46 bits per heavy atom. The van der Waals surface area contributed by atoms with Gasteiger partial charge in [-0.25, -0.2) is 5.48 Å². The van der Waals surface area contributed by atoms with Crippen LogP contribution >= 0.6 is 0 Å². The molecule has 0 aliphatic heterocycles. The average molecular weight is 185 g/mol. The summed E-state index contributed by atoms with van der Waals surface area (Å²) in [6, 6.07) is 0. The van der Waals surface area contributed by atoms with Gasteiger partial charge in [-0.2, -0.15) is 0 Å². The first-order valence-electron chi connectivity index (χ1n) is 4.24. The van der Waals surface area contributed by atoms with Gasteiger partial charge < -0.3 is 4.84 Å². The summed E-state index contributed by atoms with van der Waals surface area (Å²) in [7, 11) is 3.28. The van der Waals surface area contributed by atoms with Gasteiger partial charge in [0.25, 0.3) is 0 Å². The highest BCUT2D eigenvalue weighted by Gasteiger charge is 1.76. The molecular weight excluding hydrogens is 166 g/mol. The Hall–Kier alpha value is -0.930. The predicted molar refractivity (Wildman–Crippen MR) is 55.3 cm³/mol. The molecule has 1 N–H and O–H groups in total. The SMILES string of the molecule is C=CCCC/C=C/C=O.CNOC. The van der Waals surface area contributed by atoms with Crippen molar-refractivity contribution in [3.63, 3.8) is 0 Å². The zero-order valence-electron chi connectivity index (χ0n) is 8.45. The molecule has 0 atom stereocenters. The van der Waals surface area contributed by atoms with E-state index >= 15 is 0 Å². The van der Waals surface area contributed by atoms with Crippen LogP contribution < -0.4 is 5.48 Å². The van der Waals surface area contributed by atoms with Crippen molar-refractivity contribution in [1.82, 2.24) is 5.48 Å². The summed E-state index contributed by atoms with van der Waals surface area (Å²) in [5.41, 5.74) is 2.43. The van der Waals surface area contributed by atoms with Crippen LogP contribution in [0.4, 0.5) is 0 Å². The fourth-order valence-corrected chi connectivity index (χ4v) is 0.532. The standard InChI is InChI=1S/C8H12O.C2H7NO/c1-2-3-4-5-6-7-8-9;1-3-4-2/h2,6-8H,1,3-5H2;3H,1-2H3/b7-6+;. The summed E-state index contributed by atoms with van der Waals surface area (Å²) >= 11 is 0. The van der Waals surface area contributed by atoms with Gasteiger partial charge in [-0.15, -0.1) is 6.58 Å². The lowest BCUT2D eigenvalue weighted by atomic mass is 10.2. The van der Waals surface area contributed by atoms with Crippen molar-refractivity contribution in [2.24, 2.45) is 0 Å². The van der Waals surface area contributed by atoms with Gasteiger partial charge in [-0.05, 0) is 25.3 Å². The van der Waals surface area contributed by atoms with E-state index in [1.54, 1.807) is 14.2 Å². The highest BCUT2D eigenvalue weighted by atomic mass is 16.6. The molecule has 0 saturated carbocycles. The minimum absolute atomic E-state index is 0.800. The molecule has 0 fully saturated rings. The number of hydrogen-bond acceptors (Lipinski definition) is 3. The van der Waals surface area contributed by atoms with E-state index in [1.807, 2.05) is 12.2 Å². The van der Waals surface area contributed by atoms with Crippen LogP contribution in [0.3, 0.4) is 0 Å². The van der Waals surface area contributed by atoms with Gasteiger partial charge in [0.2, 0.25) is 0 Å². The maximum atomic E-state index is 9.73. The Balaban J connectivity index is 0. The van der Waals surface area contributed by atoms with Crippen LogP contribution in [0.5, 0.6) is 0 Å². The fourth-order valence-electron chi connectivity index (χ4n) is 0.532. The van der Waals surface area contributed by atoms with Crippen molar-refractivity contribution in [3.8, 4) is 0 Å². The highest BCUT2D eigenvalue weighted by molar-refractivity contribution is 5.64. The molecule has 13 heavy (non-hydrogen) atoms. The van der Waals surface area contributed by atoms with Gasteiger partial charge >= 0.3 is 0 Å². The van der Waals surface area contributed by atoms with Crippen molar-refractivity contribution in [3.05, 3.63) is 24.8 Å². The first kappa shape index (κ1) is 14.6. The molecule has 0 spiro atoms. The maximum Gasteiger partial charge on any atom is 0.142 e. The second-order valence-electron chi connectivity index (χ2n) is 2.19. The molecule has 0 aliphatic carbocycles. The molecule has 0 aliphatic rings. The van der Waals surface area contributed by atoms with Gasteiger partial charge in [0.15, 0.2) is 0 Å². The normalized spacial score (nSPS) is 9.08. The molecule has 0 radical (unpaired) electrons. The van der Waals surface area contributed by atoms with Gasteiger partial charge in [-0.3, -0.25) is 4.79 Å². The van der Waals surface area contributed by atoms with Crippen LogP contribution in [0.2, 0.25) is 0 Å². The van der Waals surface area contributed by atoms with Crippen LogP contribution in [0.15, 0.2) is 24.8 Å². The summed E-state index contributed by atoms with van der Waals surface area (Å²) in [6.45, 7) is 3.58. The van der Waals surface area contributed by atoms with Crippen LogP contribution in [-0.4, -0.2) is 20.4 Å². The summed E-state index contributed by atoms with van der Waals surface area (Å²) in [6.07, 6.45) is 9.18. The molecule has 0 heterocycles. The van der Waals surface area contributed by atoms with Crippen LogP contribution in [-0.2, 0) is 9.63 Å². The fraction of sp³-hybridized carbons (Fsp3) is 0.500. The Bertz CT molecular complexity index is 131. The van der Waals surface area contributed by atoms with Crippen LogP contribution in [0.1, 0.15) is 19.3 Å². The van der Waals surface area contributed by atoms with E-state index in [-0.39, 0.29) is 0 Å². The zero-order chi connectivity index (χ0) is 10.4. The molecule has 0 aromatic rings. The molecular formula is C10H19NO2. The minimum Gasteiger partial charge on any atom is -0.305 e. The molecule has 3 nitrogen and oxygen atoms in total. The molecule has 0 amide bonds. The summed E-state index contributed by atoms with van der Waals surface area (Å²) in [4.78, 5) is 14.0. The minimum atomic E-state index is 0.800. The molecule has 0 saturated heterocycles. The Morgan fingerprint density at radius 2 is 2.08 bits per heavy atom. The Labute approximate surface area is 80.4 Å². The van der Waals surface area contributed by atoms with Crippen LogP contribution in [0, 0.1) is 0 Å². The van der Waals surface area contributed by atoms with Crippen molar-refractivity contribution in [1.29, 1.82) is 0 Å². The van der Waals surface area contributed by atoms with E-state index in [2.05, 4.69) is 16.9 Å². The number of hydrogen-bond donors (Lipinski definition) is 1. The van der Waals surface area contributed by atoms with E-state index in [0.717, 1.165) is 25.5 Å². The summed E-state index contributed by atoms with van der Waals surface area (Å²) in [5.74, 6) is 0. The second kappa shape index (κ2) is 17.2. The topological polar surface area (TPSA) is 38.3 Å². The molecule has 0 bridgehead atoms. The molecule has 0 rings (SSSR count). The van der Waals surface area contributed by atoms with E-state index in [9.17, 15) is 4.79 Å². The maximum absolute atomic E-state index is 9.73. The van der Waals surface area contributed by atoms with E-state index in [1.165, 1.54) is 6.08 Å². The monoisotopic (exact) mass is 185 g/mol. The summed E-state index contributed by atoms with van der Waals surface area (Å²) in [5, 5.41) is 0. The largest absolute Gasteiger partial charge is 0.305 e. The molecule has 76 valence electrons. The van der Waals surface area contributed by atoms with Crippen molar-refractivity contribution in [2.45, 2.75) is 19.3 Å². The van der Waals surface area contributed by atoms with Crippen LogP contribution in [0.25, 0.3) is 0 Å². The Kier molecular flexibility index (Phi) is 19.3. The molecule has 3 heteroatoms. The van der Waals surface area contributed by atoms with Gasteiger partial charge in [0, 0.05) is 7.05 Å². The molecule has 0 unspecified atom stereocenters. The number of rotatable bonds is 6. The quantitative estimate of drug-likeness (QED) is 0.226. The third-order valence-electron chi connectivity index (χ3n) is 1.20. The number of aldehydes is 1. The molecule has 0 aromatic carbocycles. The number of carbonyl (C=O) groups excluding carboxylic acids is 1. The lowest BCUT2D eigenvalue weighted by molar-refractivity contribution is -0.104. The highest BCUT2D eigenvalue weighted by Crippen LogP contribution is 1.95. The first-order valence-corrected chi connectivity index (χ1v) is 4.24. The lowest BCUT2D eigenvalue weighted by Crippen LogP contribution is -2.00. The zero-order valence-corrected chi connectivity index (χ0v) is 8.45. The van der Waals surface area contributed by atoms with E-state index < -0.39 is 0 Å². The smallest absolute Gasteiger partial charge is 0.142 e. The van der Waals surface area contributed by atoms with Crippen molar-refractivity contribution < 1.29 is 9.63 Å². The number of allylic oxidation sites excluding steroid dienone is 3. The van der Waals surface area contributed by atoms with Crippen molar-refractivity contribution >= 4 is 6.29 Å². The Morgan fingerprint density at radius 1 is 1.46 bits per heavy atom. The predicted octanol–water partition coefficient (Wildman–Crippen LogP) is 1.86. The second-order valence-corrected chi connectivity index (χ2v) is 2.19. The van der Waals surface area contributed by atoms with Gasteiger partial charge in [-0.1, -0.05) is 12.2 Å². The van der Waals surface area contributed by atoms with Crippen molar-refractivity contribution in [2.75, 3.05) is 14.2 Å². The number of hydroxylamine groups is 1. The first-order chi connectivity index (χ1) is 6.33. The number of nitrogens with one attached hydrogen (secondary N) is 1. The third kappa shape index (κ3) is 24.7. The van der Waals surface area contributed by atoms with E-state index in [4.69, 9.17) is 0 Å². The van der Waals surface area contributed by atoms with E-state index in [0.29, 0.717) is 0 Å². The summed E-state index contributed by atoms with van der Waals surface area (Å²) < 4.78 is 0. The van der Waals surface area contributed by atoms with Gasteiger partial charge in [0.05, 0.1) is 7.11 Å².